The summed E-state index contributed by atoms with van der Waals surface area (Å²) in [6.45, 7) is 16.9. The summed E-state index contributed by atoms with van der Waals surface area (Å²) in [5.41, 5.74) is 1.03. The summed E-state index contributed by atoms with van der Waals surface area (Å²) in [7, 11) is 0. The molecule has 0 aliphatic heterocycles. The Balaban J connectivity index is 5.25. The van der Waals surface area contributed by atoms with Crippen molar-refractivity contribution >= 4 is 0 Å². The summed E-state index contributed by atoms with van der Waals surface area (Å²) >= 11 is 0. The maximum Gasteiger partial charge on any atom is -0.0223 e. The van der Waals surface area contributed by atoms with Gasteiger partial charge in [-0.15, -0.1) is 0 Å². The molecule has 0 radical (unpaired) electrons. The van der Waals surface area contributed by atoms with Gasteiger partial charge in [0.2, 0.25) is 0 Å². The molecule has 0 aliphatic rings. The fourth-order valence-electron chi connectivity index (χ4n) is 4.08. The Morgan fingerprint density at radius 1 is 0.706 bits per heavy atom. The largest absolute Gasteiger partial charge is 0.0654 e. The second-order valence-corrected chi connectivity index (χ2v) is 6.37. The lowest BCUT2D eigenvalue weighted by Gasteiger charge is -2.51. The second kappa shape index (κ2) is 7.44. The minimum absolute atomic E-state index is 0.478. The summed E-state index contributed by atoms with van der Waals surface area (Å²) in [6, 6.07) is 0. The fraction of sp³-hybridized carbons (Fsp3) is 1.00. The van der Waals surface area contributed by atoms with Gasteiger partial charge in [0.1, 0.15) is 0 Å². The molecule has 104 valence electrons. The van der Waals surface area contributed by atoms with Crippen molar-refractivity contribution in [1.82, 2.24) is 0 Å². The monoisotopic (exact) mass is 240 g/mol. The summed E-state index contributed by atoms with van der Waals surface area (Å²) in [6.07, 6.45) is 9.50. The second-order valence-electron chi connectivity index (χ2n) is 6.37. The quantitative estimate of drug-likeness (QED) is 0.434. The lowest BCUT2D eigenvalue weighted by molar-refractivity contribution is -0.0197. The average molecular weight is 240 g/mol. The smallest absolute Gasteiger partial charge is 0.0223 e. The van der Waals surface area contributed by atoms with E-state index in [0.29, 0.717) is 10.8 Å². The molecule has 0 heterocycles. The molecule has 0 aromatic rings. The van der Waals surface area contributed by atoms with Gasteiger partial charge in [-0.3, -0.25) is 0 Å². The number of hydrogen-bond donors (Lipinski definition) is 0. The van der Waals surface area contributed by atoms with E-state index in [0.717, 1.165) is 5.92 Å². The van der Waals surface area contributed by atoms with Crippen molar-refractivity contribution in [2.24, 2.45) is 16.7 Å². The van der Waals surface area contributed by atoms with Crippen molar-refractivity contribution in [3.05, 3.63) is 0 Å². The Kier molecular flexibility index (Phi) is 7.44. The molecule has 0 saturated heterocycles. The summed E-state index contributed by atoms with van der Waals surface area (Å²) in [5, 5.41) is 0. The van der Waals surface area contributed by atoms with Crippen molar-refractivity contribution in [2.75, 3.05) is 0 Å². The molecule has 0 amide bonds. The highest BCUT2D eigenvalue weighted by Crippen LogP contribution is 2.54. The van der Waals surface area contributed by atoms with Crippen molar-refractivity contribution in [3.8, 4) is 0 Å². The molecule has 0 aromatic carbocycles. The van der Waals surface area contributed by atoms with E-state index in [1.54, 1.807) is 0 Å². The number of rotatable bonds is 9. The zero-order valence-electron chi connectivity index (χ0n) is 13.5. The molecule has 0 N–H and O–H groups in total. The van der Waals surface area contributed by atoms with E-state index in [2.05, 4.69) is 48.5 Å². The van der Waals surface area contributed by atoms with Crippen LogP contribution in [-0.4, -0.2) is 0 Å². The minimum Gasteiger partial charge on any atom is -0.0654 e. The molecule has 0 aliphatic carbocycles. The molecule has 0 bridgehead atoms. The Bertz CT molecular complexity index is 180. The first-order chi connectivity index (χ1) is 7.95. The van der Waals surface area contributed by atoms with Crippen LogP contribution in [0.3, 0.4) is 0 Å². The molecule has 0 spiro atoms. The standard InChI is InChI=1S/C17H36/c1-8-13-15(14-9-2)17(11-4,12-5)16(6,7)10-3/h15H,8-14H2,1-7H3. The summed E-state index contributed by atoms with van der Waals surface area (Å²) in [4.78, 5) is 0. The molecule has 17 heavy (non-hydrogen) atoms. The van der Waals surface area contributed by atoms with Crippen LogP contribution in [0.1, 0.15) is 93.4 Å². The van der Waals surface area contributed by atoms with Gasteiger partial charge in [0, 0.05) is 0 Å². The molecular formula is C17H36. The third-order valence-electron chi connectivity index (χ3n) is 5.55. The molecule has 0 heteroatoms. The van der Waals surface area contributed by atoms with E-state index in [1.165, 1.54) is 44.9 Å². The van der Waals surface area contributed by atoms with Gasteiger partial charge in [0.25, 0.3) is 0 Å². The minimum atomic E-state index is 0.478. The van der Waals surface area contributed by atoms with Crippen LogP contribution in [0.4, 0.5) is 0 Å². The first kappa shape index (κ1) is 17.0. The third kappa shape index (κ3) is 3.48. The lowest BCUT2D eigenvalue weighted by Crippen LogP contribution is -2.43. The topological polar surface area (TPSA) is 0 Å². The fourth-order valence-corrected chi connectivity index (χ4v) is 4.08. The van der Waals surface area contributed by atoms with E-state index >= 15 is 0 Å². The molecule has 0 atom stereocenters. The highest BCUT2D eigenvalue weighted by atomic mass is 14.5. The van der Waals surface area contributed by atoms with E-state index in [-0.39, 0.29) is 0 Å². The molecule has 0 saturated carbocycles. The predicted octanol–water partition coefficient (Wildman–Crippen LogP) is 6.45. The van der Waals surface area contributed by atoms with E-state index in [4.69, 9.17) is 0 Å². The SMILES string of the molecule is CCCC(CCC)C(CC)(CC)C(C)(C)CC. The maximum absolute atomic E-state index is 2.50. The van der Waals surface area contributed by atoms with Crippen molar-refractivity contribution in [1.29, 1.82) is 0 Å². The molecule has 0 nitrogen and oxygen atoms in total. The lowest BCUT2D eigenvalue weighted by atomic mass is 9.53. The van der Waals surface area contributed by atoms with Crippen LogP contribution in [0, 0.1) is 16.7 Å². The normalized spacial score (nSPS) is 13.4. The Morgan fingerprint density at radius 2 is 1.12 bits per heavy atom. The average Bonchev–Trinajstić information content (AvgIpc) is 2.31. The molecule has 0 rings (SSSR count). The van der Waals surface area contributed by atoms with Crippen molar-refractivity contribution in [3.63, 3.8) is 0 Å². The van der Waals surface area contributed by atoms with Gasteiger partial charge in [-0.05, 0) is 29.6 Å². The van der Waals surface area contributed by atoms with Gasteiger partial charge in [-0.1, -0.05) is 80.6 Å². The zero-order valence-corrected chi connectivity index (χ0v) is 13.5. The molecule has 0 unspecified atom stereocenters. The maximum atomic E-state index is 2.50. The van der Waals surface area contributed by atoms with Crippen LogP contribution in [0.5, 0.6) is 0 Å². The van der Waals surface area contributed by atoms with Crippen LogP contribution in [0.2, 0.25) is 0 Å². The van der Waals surface area contributed by atoms with E-state index in [9.17, 15) is 0 Å². The van der Waals surface area contributed by atoms with Gasteiger partial charge in [0.05, 0.1) is 0 Å². The predicted molar refractivity (Wildman–Crippen MR) is 80.4 cm³/mol. The van der Waals surface area contributed by atoms with Gasteiger partial charge in [-0.2, -0.15) is 0 Å². The Morgan fingerprint density at radius 3 is 1.35 bits per heavy atom. The van der Waals surface area contributed by atoms with Crippen LogP contribution in [0.25, 0.3) is 0 Å². The Hall–Kier alpha value is 0. The zero-order chi connectivity index (χ0) is 13.5. The van der Waals surface area contributed by atoms with E-state index < -0.39 is 0 Å². The number of hydrogen-bond acceptors (Lipinski definition) is 0. The van der Waals surface area contributed by atoms with Crippen molar-refractivity contribution in [2.45, 2.75) is 93.4 Å². The molecule has 0 fully saturated rings. The van der Waals surface area contributed by atoms with Crippen LogP contribution in [-0.2, 0) is 0 Å². The van der Waals surface area contributed by atoms with Gasteiger partial charge in [-0.25, -0.2) is 0 Å². The van der Waals surface area contributed by atoms with Gasteiger partial charge in [0.15, 0.2) is 0 Å². The third-order valence-corrected chi connectivity index (χ3v) is 5.55. The van der Waals surface area contributed by atoms with Crippen LogP contribution < -0.4 is 0 Å². The first-order valence-electron chi connectivity index (χ1n) is 7.95. The molecular weight excluding hydrogens is 204 g/mol. The first-order valence-corrected chi connectivity index (χ1v) is 7.95. The molecule has 0 aromatic heterocycles. The highest BCUT2D eigenvalue weighted by Gasteiger charge is 2.45. The summed E-state index contributed by atoms with van der Waals surface area (Å²) in [5.74, 6) is 0.919. The van der Waals surface area contributed by atoms with Crippen molar-refractivity contribution < 1.29 is 0 Å². The van der Waals surface area contributed by atoms with Gasteiger partial charge >= 0.3 is 0 Å². The Labute approximate surface area is 111 Å². The van der Waals surface area contributed by atoms with Crippen LogP contribution >= 0.6 is 0 Å². The highest BCUT2D eigenvalue weighted by molar-refractivity contribution is 4.95. The summed E-state index contributed by atoms with van der Waals surface area (Å²) < 4.78 is 0. The van der Waals surface area contributed by atoms with Crippen LogP contribution in [0.15, 0.2) is 0 Å². The van der Waals surface area contributed by atoms with Gasteiger partial charge < -0.3 is 0 Å². The van der Waals surface area contributed by atoms with E-state index in [1.807, 2.05) is 0 Å².